The van der Waals surface area contributed by atoms with Crippen LogP contribution in [-0.4, -0.2) is 17.9 Å². The van der Waals surface area contributed by atoms with Crippen molar-refractivity contribution in [2.24, 2.45) is 11.7 Å². The van der Waals surface area contributed by atoms with Gasteiger partial charge in [0.05, 0.1) is 0 Å². The zero-order chi connectivity index (χ0) is 14.8. The molecule has 0 radical (unpaired) electrons. The maximum Gasteiger partial charge on any atom is 0.240 e. The Morgan fingerprint density at radius 1 is 1.14 bits per heavy atom. The third-order valence-electron chi connectivity index (χ3n) is 3.91. The van der Waals surface area contributed by atoms with E-state index in [0.29, 0.717) is 6.42 Å². The number of nitrogens with one attached hydrogen (secondary N) is 1. The van der Waals surface area contributed by atoms with Gasteiger partial charge in [0.2, 0.25) is 11.8 Å². The van der Waals surface area contributed by atoms with Gasteiger partial charge in [-0.05, 0) is 29.2 Å². The largest absolute Gasteiger partial charge is 0.368 e. The minimum absolute atomic E-state index is 0.0564. The summed E-state index contributed by atoms with van der Waals surface area (Å²) in [7, 11) is 0. The van der Waals surface area contributed by atoms with Crippen LogP contribution in [-0.2, 0) is 16.0 Å². The summed E-state index contributed by atoms with van der Waals surface area (Å²) in [5.41, 5.74) is 6.47. The minimum Gasteiger partial charge on any atom is -0.368 e. The van der Waals surface area contributed by atoms with Crippen LogP contribution in [0.1, 0.15) is 18.4 Å². The smallest absolute Gasteiger partial charge is 0.240 e. The average molecular weight is 282 g/mol. The summed E-state index contributed by atoms with van der Waals surface area (Å²) in [6.07, 6.45) is 2.24. The first kappa shape index (κ1) is 13.6. The number of hydrogen-bond acceptors (Lipinski definition) is 2. The molecule has 3 N–H and O–H groups in total. The van der Waals surface area contributed by atoms with Gasteiger partial charge in [0, 0.05) is 12.3 Å². The number of carbonyl (C=O) groups excluding carboxylic acids is 2. The molecule has 3 rings (SSSR count). The number of amides is 2. The van der Waals surface area contributed by atoms with Gasteiger partial charge in [-0.3, -0.25) is 9.59 Å². The summed E-state index contributed by atoms with van der Waals surface area (Å²) in [6.45, 7) is 0. The molecule has 4 heteroatoms. The average Bonchev–Trinajstić information content (AvgIpc) is 3.31. The number of hydrogen-bond donors (Lipinski definition) is 2. The number of primary amides is 1. The molecule has 4 nitrogen and oxygen atoms in total. The summed E-state index contributed by atoms with van der Waals surface area (Å²) in [4.78, 5) is 23.5. The highest BCUT2D eigenvalue weighted by molar-refractivity contribution is 5.90. The Kier molecular flexibility index (Phi) is 3.60. The molecule has 0 unspecified atom stereocenters. The van der Waals surface area contributed by atoms with Crippen molar-refractivity contribution in [2.75, 3.05) is 0 Å². The highest BCUT2D eigenvalue weighted by Crippen LogP contribution is 2.29. The summed E-state index contributed by atoms with van der Waals surface area (Å²) >= 11 is 0. The van der Waals surface area contributed by atoms with E-state index in [4.69, 9.17) is 5.73 Å². The first-order valence-corrected chi connectivity index (χ1v) is 7.21. The number of benzene rings is 2. The monoisotopic (exact) mass is 282 g/mol. The highest BCUT2D eigenvalue weighted by Gasteiger charge is 2.32. The molecule has 0 bridgehead atoms. The molecule has 1 atom stereocenters. The number of fused-ring (bicyclic) bond motifs is 1. The Bertz CT molecular complexity index is 687. The van der Waals surface area contributed by atoms with Gasteiger partial charge in [-0.2, -0.15) is 0 Å². The predicted octanol–water partition coefficient (Wildman–Crippen LogP) is 1.76. The molecule has 108 valence electrons. The summed E-state index contributed by atoms with van der Waals surface area (Å²) < 4.78 is 0. The molecule has 0 heterocycles. The number of carbonyl (C=O) groups is 2. The van der Waals surface area contributed by atoms with E-state index in [2.05, 4.69) is 5.32 Å². The van der Waals surface area contributed by atoms with E-state index in [9.17, 15) is 9.59 Å². The van der Waals surface area contributed by atoms with Crippen LogP contribution < -0.4 is 11.1 Å². The SMILES string of the molecule is NC(=O)[C@H](Cc1cccc2ccccc12)NC(=O)C1CC1. The molecule has 1 aliphatic rings. The molecule has 2 aromatic carbocycles. The van der Waals surface area contributed by atoms with Crippen molar-refractivity contribution >= 4 is 22.6 Å². The van der Waals surface area contributed by atoms with Crippen LogP contribution in [0, 0.1) is 5.92 Å². The number of rotatable bonds is 5. The molecular formula is C17H18N2O2. The Hall–Kier alpha value is -2.36. The van der Waals surface area contributed by atoms with Crippen molar-refractivity contribution in [3.63, 3.8) is 0 Å². The lowest BCUT2D eigenvalue weighted by atomic mass is 9.98. The molecule has 0 saturated heterocycles. The van der Waals surface area contributed by atoms with Gasteiger partial charge < -0.3 is 11.1 Å². The molecule has 21 heavy (non-hydrogen) atoms. The zero-order valence-corrected chi connectivity index (χ0v) is 11.7. The van der Waals surface area contributed by atoms with Crippen molar-refractivity contribution in [1.29, 1.82) is 0 Å². The second-order valence-corrected chi connectivity index (χ2v) is 5.58. The second kappa shape index (κ2) is 5.56. The second-order valence-electron chi connectivity index (χ2n) is 5.58. The Labute approximate surface area is 123 Å². The van der Waals surface area contributed by atoms with Crippen LogP contribution in [0.3, 0.4) is 0 Å². The van der Waals surface area contributed by atoms with E-state index in [0.717, 1.165) is 29.2 Å². The Morgan fingerprint density at radius 3 is 2.57 bits per heavy atom. The minimum atomic E-state index is -0.649. The van der Waals surface area contributed by atoms with E-state index in [1.807, 2.05) is 42.5 Å². The lowest BCUT2D eigenvalue weighted by Gasteiger charge is -2.16. The van der Waals surface area contributed by atoms with Crippen LogP contribution in [0.2, 0.25) is 0 Å². The normalized spacial score (nSPS) is 15.6. The lowest BCUT2D eigenvalue weighted by Crippen LogP contribution is -2.46. The molecule has 2 amide bonds. The van der Waals surface area contributed by atoms with Gasteiger partial charge in [0.1, 0.15) is 6.04 Å². The fourth-order valence-electron chi connectivity index (χ4n) is 2.55. The maximum absolute atomic E-state index is 11.9. The predicted molar refractivity (Wildman–Crippen MR) is 81.5 cm³/mol. The molecule has 1 saturated carbocycles. The van der Waals surface area contributed by atoms with Gasteiger partial charge in [0.15, 0.2) is 0 Å². The third kappa shape index (κ3) is 3.05. The van der Waals surface area contributed by atoms with Crippen LogP contribution in [0.5, 0.6) is 0 Å². The van der Waals surface area contributed by atoms with Gasteiger partial charge >= 0.3 is 0 Å². The summed E-state index contributed by atoms with van der Waals surface area (Å²) in [6, 6.07) is 13.3. The lowest BCUT2D eigenvalue weighted by molar-refractivity contribution is -0.128. The Balaban J connectivity index is 1.83. The van der Waals surface area contributed by atoms with Gasteiger partial charge in [0.25, 0.3) is 0 Å². The van der Waals surface area contributed by atoms with Crippen LogP contribution >= 0.6 is 0 Å². The molecule has 0 aromatic heterocycles. The van der Waals surface area contributed by atoms with Crippen LogP contribution in [0.4, 0.5) is 0 Å². The number of nitrogens with two attached hydrogens (primary N) is 1. The highest BCUT2D eigenvalue weighted by atomic mass is 16.2. The summed E-state index contributed by atoms with van der Waals surface area (Å²) in [5.74, 6) is -0.477. The molecule has 0 aliphatic heterocycles. The quantitative estimate of drug-likeness (QED) is 0.877. The van der Waals surface area contributed by atoms with Crippen LogP contribution in [0.25, 0.3) is 10.8 Å². The van der Waals surface area contributed by atoms with Crippen molar-refractivity contribution in [3.05, 3.63) is 48.0 Å². The van der Waals surface area contributed by atoms with Gasteiger partial charge in [-0.1, -0.05) is 42.5 Å². The first-order chi connectivity index (χ1) is 10.1. The standard InChI is InChI=1S/C17H18N2O2/c18-16(20)15(19-17(21)12-8-9-12)10-13-6-3-5-11-4-1-2-7-14(11)13/h1-7,12,15H,8-10H2,(H2,18,20)(H,19,21)/t15-/m0/s1. The molecule has 1 fully saturated rings. The molecule has 0 spiro atoms. The van der Waals surface area contributed by atoms with E-state index in [-0.39, 0.29) is 11.8 Å². The molecule has 2 aromatic rings. The molecular weight excluding hydrogens is 264 g/mol. The van der Waals surface area contributed by atoms with Gasteiger partial charge in [-0.15, -0.1) is 0 Å². The fraction of sp³-hybridized carbons (Fsp3) is 0.294. The first-order valence-electron chi connectivity index (χ1n) is 7.21. The zero-order valence-electron chi connectivity index (χ0n) is 11.7. The van der Waals surface area contributed by atoms with E-state index in [1.165, 1.54) is 0 Å². The topological polar surface area (TPSA) is 72.2 Å². The van der Waals surface area contributed by atoms with E-state index >= 15 is 0 Å². The molecule has 1 aliphatic carbocycles. The van der Waals surface area contributed by atoms with E-state index < -0.39 is 11.9 Å². The van der Waals surface area contributed by atoms with Crippen molar-refractivity contribution in [2.45, 2.75) is 25.3 Å². The van der Waals surface area contributed by atoms with Gasteiger partial charge in [-0.25, -0.2) is 0 Å². The van der Waals surface area contributed by atoms with E-state index in [1.54, 1.807) is 0 Å². The summed E-state index contributed by atoms with van der Waals surface area (Å²) in [5, 5.41) is 4.99. The Morgan fingerprint density at radius 2 is 1.86 bits per heavy atom. The van der Waals surface area contributed by atoms with Crippen molar-refractivity contribution < 1.29 is 9.59 Å². The van der Waals surface area contributed by atoms with Crippen LogP contribution in [0.15, 0.2) is 42.5 Å². The fourth-order valence-corrected chi connectivity index (χ4v) is 2.55. The van der Waals surface area contributed by atoms with Crippen molar-refractivity contribution in [3.8, 4) is 0 Å². The third-order valence-corrected chi connectivity index (χ3v) is 3.91. The maximum atomic E-state index is 11.9. The van der Waals surface area contributed by atoms with Crippen molar-refractivity contribution in [1.82, 2.24) is 5.32 Å².